The maximum Gasteiger partial charge on any atom is 0.328 e. The Morgan fingerprint density at radius 1 is 1.06 bits per heavy atom. The number of rotatable bonds is 6. The topological polar surface area (TPSA) is 126 Å². The molecule has 2 aliphatic rings. The Labute approximate surface area is 198 Å². The SMILES string of the molecule is CN1C(=O)C2NC(CSc3nc4nccnc4c(=O)n3CCc3ccccc3)=NC2N(C)C1=O. The van der Waals surface area contributed by atoms with Gasteiger partial charge in [-0.25, -0.2) is 24.7 Å². The normalized spacial score (nSPS) is 19.9. The first-order valence-electron chi connectivity index (χ1n) is 10.7. The van der Waals surface area contributed by atoms with Gasteiger partial charge in [0.05, 0.1) is 5.75 Å². The molecule has 1 saturated heterocycles. The van der Waals surface area contributed by atoms with Crippen LogP contribution in [-0.2, 0) is 17.8 Å². The van der Waals surface area contributed by atoms with E-state index < -0.39 is 18.2 Å². The second kappa shape index (κ2) is 8.86. The number of nitrogens with zero attached hydrogens (tertiary/aromatic N) is 7. The van der Waals surface area contributed by atoms with Gasteiger partial charge in [0.1, 0.15) is 11.9 Å². The summed E-state index contributed by atoms with van der Waals surface area (Å²) in [7, 11) is 3.08. The van der Waals surface area contributed by atoms with Crippen molar-refractivity contribution in [2.24, 2.45) is 4.99 Å². The van der Waals surface area contributed by atoms with Crippen LogP contribution in [0.25, 0.3) is 11.2 Å². The van der Waals surface area contributed by atoms with Crippen LogP contribution in [0.15, 0.2) is 57.7 Å². The highest BCUT2D eigenvalue weighted by atomic mass is 32.2. The number of thioether (sulfide) groups is 1. The monoisotopic (exact) mass is 478 g/mol. The Bertz CT molecular complexity index is 1360. The molecule has 174 valence electrons. The summed E-state index contributed by atoms with van der Waals surface area (Å²) < 4.78 is 1.60. The van der Waals surface area contributed by atoms with E-state index in [9.17, 15) is 14.4 Å². The molecule has 3 aromatic rings. The second-order valence-corrected chi connectivity index (χ2v) is 8.95. The van der Waals surface area contributed by atoms with E-state index in [0.29, 0.717) is 29.7 Å². The van der Waals surface area contributed by atoms with E-state index in [1.807, 2.05) is 30.3 Å². The lowest BCUT2D eigenvalue weighted by Gasteiger charge is -2.36. The van der Waals surface area contributed by atoms with E-state index in [4.69, 9.17) is 0 Å². The Kier molecular flexibility index (Phi) is 5.74. The average molecular weight is 479 g/mol. The van der Waals surface area contributed by atoms with E-state index >= 15 is 0 Å². The number of imide groups is 1. The minimum atomic E-state index is -0.626. The fraction of sp³-hybridized carbons (Fsp3) is 0.318. The first kappa shape index (κ1) is 22.0. The van der Waals surface area contributed by atoms with Crippen molar-refractivity contribution in [1.29, 1.82) is 0 Å². The number of urea groups is 1. The molecule has 1 aromatic carbocycles. The van der Waals surface area contributed by atoms with Crippen molar-refractivity contribution < 1.29 is 9.59 Å². The van der Waals surface area contributed by atoms with Crippen LogP contribution in [0.5, 0.6) is 0 Å². The van der Waals surface area contributed by atoms with Gasteiger partial charge in [0.25, 0.3) is 11.5 Å². The zero-order valence-electron chi connectivity index (χ0n) is 18.6. The molecule has 3 amide bonds. The lowest BCUT2D eigenvalue weighted by molar-refractivity contribution is -0.133. The number of amidine groups is 1. The molecule has 2 aromatic heterocycles. The number of hydrogen-bond donors (Lipinski definition) is 1. The fourth-order valence-electron chi connectivity index (χ4n) is 4.01. The Hall–Kier alpha value is -3.80. The number of carbonyl (C=O) groups is 2. The van der Waals surface area contributed by atoms with Gasteiger partial charge in [-0.3, -0.25) is 19.1 Å². The quantitative estimate of drug-likeness (QED) is 0.406. The number of aromatic nitrogens is 4. The molecule has 2 atom stereocenters. The highest BCUT2D eigenvalue weighted by Crippen LogP contribution is 2.23. The van der Waals surface area contributed by atoms with Gasteiger partial charge >= 0.3 is 6.03 Å². The van der Waals surface area contributed by atoms with Crippen LogP contribution in [0.2, 0.25) is 0 Å². The lowest BCUT2D eigenvalue weighted by Crippen LogP contribution is -2.63. The zero-order valence-corrected chi connectivity index (χ0v) is 19.4. The summed E-state index contributed by atoms with van der Waals surface area (Å²) in [6, 6.07) is 8.87. The summed E-state index contributed by atoms with van der Waals surface area (Å²) in [5.74, 6) is 0.581. The first-order chi connectivity index (χ1) is 16.4. The van der Waals surface area contributed by atoms with Crippen LogP contribution >= 0.6 is 11.8 Å². The number of nitrogens with one attached hydrogen (secondary N) is 1. The smallest absolute Gasteiger partial charge is 0.328 e. The fourth-order valence-corrected chi connectivity index (χ4v) is 4.92. The van der Waals surface area contributed by atoms with Crippen molar-refractivity contribution in [3.63, 3.8) is 0 Å². The van der Waals surface area contributed by atoms with E-state index in [2.05, 4.69) is 25.3 Å². The van der Waals surface area contributed by atoms with Crippen molar-refractivity contribution >= 4 is 40.7 Å². The maximum absolute atomic E-state index is 13.2. The third-order valence-corrected chi connectivity index (χ3v) is 6.84. The minimum absolute atomic E-state index is 0.219. The average Bonchev–Trinajstić information content (AvgIpc) is 3.30. The van der Waals surface area contributed by atoms with E-state index in [1.165, 1.54) is 36.1 Å². The Morgan fingerprint density at radius 2 is 1.82 bits per heavy atom. The maximum atomic E-state index is 13.2. The van der Waals surface area contributed by atoms with Gasteiger partial charge in [0.15, 0.2) is 22.5 Å². The lowest BCUT2D eigenvalue weighted by atomic mass is 10.1. The van der Waals surface area contributed by atoms with Crippen LogP contribution in [0.1, 0.15) is 5.56 Å². The van der Waals surface area contributed by atoms with Crippen LogP contribution in [0.4, 0.5) is 4.79 Å². The number of likely N-dealkylation sites (N-methyl/N-ethyl adjacent to an activating group) is 2. The Morgan fingerprint density at radius 3 is 2.62 bits per heavy atom. The first-order valence-corrected chi connectivity index (χ1v) is 11.7. The molecule has 0 saturated carbocycles. The van der Waals surface area contributed by atoms with Gasteiger partial charge in [0, 0.05) is 33.0 Å². The molecule has 12 heteroatoms. The van der Waals surface area contributed by atoms with E-state index in [-0.39, 0.29) is 22.6 Å². The molecule has 11 nitrogen and oxygen atoms in total. The number of fused-ring (bicyclic) bond motifs is 2. The molecular weight excluding hydrogens is 456 g/mol. The molecule has 0 spiro atoms. The van der Waals surface area contributed by atoms with Crippen molar-refractivity contribution in [3.05, 3.63) is 58.6 Å². The van der Waals surface area contributed by atoms with Crippen LogP contribution < -0.4 is 10.9 Å². The summed E-state index contributed by atoms with van der Waals surface area (Å²) in [6.45, 7) is 0.427. The highest BCUT2D eigenvalue weighted by Gasteiger charge is 2.46. The molecule has 0 radical (unpaired) electrons. The van der Waals surface area contributed by atoms with Crippen molar-refractivity contribution in [2.45, 2.75) is 30.3 Å². The third kappa shape index (κ3) is 3.89. The van der Waals surface area contributed by atoms with Crippen molar-refractivity contribution in [2.75, 3.05) is 19.8 Å². The minimum Gasteiger partial charge on any atom is -0.358 e. The predicted molar refractivity (Wildman–Crippen MR) is 127 cm³/mol. The Balaban J connectivity index is 1.40. The largest absolute Gasteiger partial charge is 0.358 e. The summed E-state index contributed by atoms with van der Waals surface area (Å²) >= 11 is 1.32. The second-order valence-electron chi connectivity index (χ2n) is 8.01. The van der Waals surface area contributed by atoms with Gasteiger partial charge in [-0.2, -0.15) is 0 Å². The molecule has 34 heavy (non-hydrogen) atoms. The summed E-state index contributed by atoms with van der Waals surface area (Å²) in [6.07, 6.45) is 3.03. The molecule has 5 rings (SSSR count). The summed E-state index contributed by atoms with van der Waals surface area (Å²) in [5, 5.41) is 3.61. The molecule has 1 fully saturated rings. The van der Waals surface area contributed by atoms with Gasteiger partial charge in [-0.05, 0) is 12.0 Å². The summed E-state index contributed by atoms with van der Waals surface area (Å²) in [4.78, 5) is 58.0. The number of aryl methyl sites for hydroxylation is 1. The highest BCUT2D eigenvalue weighted by molar-refractivity contribution is 7.99. The molecule has 0 aliphatic carbocycles. The van der Waals surface area contributed by atoms with Crippen molar-refractivity contribution in [1.82, 2.24) is 34.6 Å². The van der Waals surface area contributed by atoms with E-state index in [1.54, 1.807) is 11.6 Å². The molecule has 4 heterocycles. The predicted octanol–water partition coefficient (Wildman–Crippen LogP) is 0.741. The van der Waals surface area contributed by atoms with Crippen molar-refractivity contribution in [3.8, 4) is 0 Å². The number of aliphatic imine (C=N–C) groups is 1. The number of carbonyl (C=O) groups excluding carboxylic acids is 2. The molecular formula is C22H22N8O3S. The third-order valence-electron chi connectivity index (χ3n) is 5.85. The zero-order chi connectivity index (χ0) is 23.8. The molecule has 2 unspecified atom stereocenters. The van der Waals surface area contributed by atoms with Gasteiger partial charge in [-0.1, -0.05) is 42.1 Å². The molecule has 2 aliphatic heterocycles. The van der Waals surface area contributed by atoms with Gasteiger partial charge in [-0.15, -0.1) is 0 Å². The number of amides is 3. The van der Waals surface area contributed by atoms with Crippen LogP contribution in [0.3, 0.4) is 0 Å². The van der Waals surface area contributed by atoms with Crippen LogP contribution in [0, 0.1) is 0 Å². The molecule has 1 N–H and O–H groups in total. The standard InChI is InChI=1S/C22H22N8O3S/c1-28-18-16(19(31)29(2)22(28)33)25-14(26-18)12-34-21-27-17-15(23-9-10-24-17)20(32)30(21)11-8-13-6-4-3-5-7-13/h3-7,9-10,16,18H,8,11-12H2,1-2H3,(H,25,26). The summed E-state index contributed by atoms with van der Waals surface area (Å²) in [5.41, 5.74) is 1.35. The van der Waals surface area contributed by atoms with Gasteiger partial charge < -0.3 is 10.2 Å². The van der Waals surface area contributed by atoms with Gasteiger partial charge in [0.2, 0.25) is 0 Å². The molecule has 0 bridgehead atoms. The number of benzene rings is 1. The number of hydrogen-bond acceptors (Lipinski definition) is 9. The van der Waals surface area contributed by atoms with Crippen LogP contribution in [-0.4, -0.2) is 79.1 Å². The van der Waals surface area contributed by atoms with E-state index in [0.717, 1.165) is 10.5 Å².